The third-order valence-electron chi connectivity index (χ3n) is 4.95. The fraction of sp³-hybridized carbons (Fsp3) is 0.444. The van der Waals surface area contributed by atoms with Crippen molar-refractivity contribution in [2.24, 2.45) is 0 Å². The van der Waals surface area contributed by atoms with Gasteiger partial charge in [0.1, 0.15) is 0 Å². The average Bonchev–Trinajstić information content (AvgIpc) is 2.71. The molecule has 1 rings (SSSR count). The molecule has 1 aromatic rings. The minimum absolute atomic E-state index is 0.0123. The Hall–Kier alpha value is -2.39. The van der Waals surface area contributed by atoms with Crippen molar-refractivity contribution in [2.45, 2.75) is 72.8 Å². The molecule has 1 aromatic carbocycles. The maximum atomic E-state index is 12.8. The van der Waals surface area contributed by atoms with E-state index in [0.717, 1.165) is 55.2 Å². The van der Waals surface area contributed by atoms with E-state index in [1.165, 1.54) is 11.1 Å². The second-order valence-electron chi connectivity index (χ2n) is 8.08. The molecular formula is C27H39NO2. The van der Waals surface area contributed by atoms with Gasteiger partial charge in [-0.1, -0.05) is 71.4 Å². The summed E-state index contributed by atoms with van der Waals surface area (Å²) in [5.74, 6) is 0.0123. The number of rotatable bonds is 13. The van der Waals surface area contributed by atoms with Crippen molar-refractivity contribution in [2.75, 3.05) is 6.61 Å². The maximum absolute atomic E-state index is 12.8. The molecule has 0 radical (unpaired) electrons. The maximum Gasteiger partial charge on any atom is 0.247 e. The number of hydrogen-bond donors (Lipinski definition) is 2. The van der Waals surface area contributed by atoms with Crippen LogP contribution in [0.4, 0.5) is 0 Å². The first-order valence-electron chi connectivity index (χ1n) is 11.0. The van der Waals surface area contributed by atoms with Crippen LogP contribution in [0.1, 0.15) is 71.8 Å². The van der Waals surface area contributed by atoms with Crippen LogP contribution in [0, 0.1) is 0 Å². The summed E-state index contributed by atoms with van der Waals surface area (Å²) in [6.45, 7) is 9.04. The van der Waals surface area contributed by atoms with E-state index in [1.54, 1.807) is 0 Å². The Bertz CT molecular complexity index is 750. The van der Waals surface area contributed by atoms with Crippen LogP contribution in [-0.4, -0.2) is 17.6 Å². The van der Waals surface area contributed by atoms with E-state index < -0.39 is 0 Å². The van der Waals surface area contributed by atoms with Crippen LogP contribution in [0.3, 0.4) is 0 Å². The Labute approximate surface area is 183 Å². The Balaban J connectivity index is 2.67. The van der Waals surface area contributed by atoms with E-state index in [2.05, 4.69) is 44.3 Å². The second-order valence-corrected chi connectivity index (χ2v) is 8.08. The Morgan fingerprint density at radius 3 is 2.07 bits per heavy atom. The van der Waals surface area contributed by atoms with Gasteiger partial charge in [0.25, 0.3) is 0 Å². The number of benzene rings is 1. The summed E-state index contributed by atoms with van der Waals surface area (Å²) in [5.41, 5.74) is 5.82. The van der Waals surface area contributed by atoms with Crippen LogP contribution in [0.5, 0.6) is 0 Å². The number of carbonyl (C=O) groups is 1. The summed E-state index contributed by atoms with van der Waals surface area (Å²) in [5, 5.41) is 12.1. The van der Waals surface area contributed by atoms with Crippen LogP contribution >= 0.6 is 0 Å². The van der Waals surface area contributed by atoms with Gasteiger partial charge in [0.05, 0.1) is 6.61 Å². The predicted molar refractivity (Wildman–Crippen MR) is 128 cm³/mol. The van der Waals surface area contributed by atoms with E-state index >= 15 is 0 Å². The normalized spacial score (nSPS) is 12.6. The topological polar surface area (TPSA) is 49.3 Å². The Kier molecular flexibility index (Phi) is 13.2. The fourth-order valence-electron chi connectivity index (χ4n) is 3.10. The van der Waals surface area contributed by atoms with Crippen molar-refractivity contribution < 1.29 is 9.90 Å². The average molecular weight is 410 g/mol. The molecule has 164 valence electrons. The van der Waals surface area contributed by atoms with Crippen LogP contribution < -0.4 is 5.32 Å². The highest BCUT2D eigenvalue weighted by molar-refractivity contribution is 5.93. The van der Waals surface area contributed by atoms with Gasteiger partial charge < -0.3 is 10.4 Å². The number of aliphatic hydroxyl groups excluding tert-OH is 1. The number of hydrogen-bond acceptors (Lipinski definition) is 2. The zero-order valence-electron chi connectivity index (χ0n) is 19.2. The van der Waals surface area contributed by atoms with E-state index in [0.29, 0.717) is 6.54 Å². The summed E-state index contributed by atoms with van der Waals surface area (Å²) < 4.78 is 0. The summed E-state index contributed by atoms with van der Waals surface area (Å²) >= 11 is 0. The molecule has 3 heteroatoms. The fourth-order valence-corrected chi connectivity index (χ4v) is 3.10. The summed E-state index contributed by atoms with van der Waals surface area (Å²) in [6, 6.07) is 9.98. The molecule has 0 aliphatic carbocycles. The number of aliphatic hydroxyl groups is 1. The summed E-state index contributed by atoms with van der Waals surface area (Å²) in [6.07, 6.45) is 13.8. The molecule has 1 amide bonds. The summed E-state index contributed by atoms with van der Waals surface area (Å²) in [7, 11) is 0. The quantitative estimate of drug-likeness (QED) is 0.292. The molecule has 0 spiro atoms. The molecule has 0 unspecified atom stereocenters. The van der Waals surface area contributed by atoms with Crippen molar-refractivity contribution in [3.63, 3.8) is 0 Å². The highest BCUT2D eigenvalue weighted by Gasteiger charge is 2.08. The zero-order valence-corrected chi connectivity index (χ0v) is 19.2. The van der Waals surface area contributed by atoms with Gasteiger partial charge in [-0.05, 0) is 71.8 Å². The molecule has 0 aromatic heterocycles. The molecule has 0 saturated carbocycles. The minimum atomic E-state index is 0.0123. The highest BCUT2D eigenvalue weighted by atomic mass is 16.2. The minimum Gasteiger partial charge on any atom is -0.392 e. The van der Waals surface area contributed by atoms with Crippen molar-refractivity contribution in [3.05, 3.63) is 82.5 Å². The standard InChI is InChI=1S/C27H39NO2/c1-22(2)11-8-12-23(3)13-9-17-26(18-10-14-24(4)19-20-29)27(30)28-21-25-15-6-5-7-16-25/h5-7,11,13,15-16,18-19,29H,8-10,12,14,17,20-21H2,1-4H3,(H,28,30)/b23-13+,24-19+,26-18+. The van der Waals surface area contributed by atoms with E-state index in [4.69, 9.17) is 5.11 Å². The summed E-state index contributed by atoms with van der Waals surface area (Å²) in [4.78, 5) is 12.8. The number of amides is 1. The Morgan fingerprint density at radius 2 is 1.43 bits per heavy atom. The lowest BCUT2D eigenvalue weighted by Crippen LogP contribution is -2.24. The molecule has 0 saturated heterocycles. The van der Waals surface area contributed by atoms with Crippen LogP contribution in [-0.2, 0) is 11.3 Å². The number of nitrogens with one attached hydrogen (secondary N) is 1. The van der Waals surface area contributed by atoms with Crippen molar-refractivity contribution >= 4 is 5.91 Å². The third kappa shape index (κ3) is 12.2. The highest BCUT2D eigenvalue weighted by Crippen LogP contribution is 2.14. The van der Waals surface area contributed by atoms with E-state index in [-0.39, 0.29) is 12.5 Å². The lowest BCUT2D eigenvalue weighted by Gasteiger charge is -2.09. The van der Waals surface area contributed by atoms with Gasteiger partial charge >= 0.3 is 0 Å². The molecule has 0 atom stereocenters. The van der Waals surface area contributed by atoms with Gasteiger partial charge in [0, 0.05) is 12.1 Å². The van der Waals surface area contributed by atoms with Crippen molar-refractivity contribution in [1.82, 2.24) is 5.32 Å². The van der Waals surface area contributed by atoms with Gasteiger partial charge in [-0.2, -0.15) is 0 Å². The monoisotopic (exact) mass is 409 g/mol. The van der Waals surface area contributed by atoms with Crippen molar-refractivity contribution in [3.8, 4) is 0 Å². The smallest absolute Gasteiger partial charge is 0.247 e. The van der Waals surface area contributed by atoms with E-state index in [1.807, 2.05) is 43.3 Å². The van der Waals surface area contributed by atoms with Crippen LogP contribution in [0.2, 0.25) is 0 Å². The van der Waals surface area contributed by atoms with Crippen LogP contribution in [0.25, 0.3) is 0 Å². The second kappa shape index (κ2) is 15.4. The largest absolute Gasteiger partial charge is 0.392 e. The molecule has 0 heterocycles. The van der Waals surface area contributed by atoms with E-state index in [9.17, 15) is 4.79 Å². The van der Waals surface area contributed by atoms with Gasteiger partial charge in [-0.15, -0.1) is 0 Å². The molecule has 0 bridgehead atoms. The lowest BCUT2D eigenvalue weighted by molar-refractivity contribution is -0.117. The molecule has 0 aliphatic heterocycles. The molecule has 2 N–H and O–H groups in total. The molecule has 0 aliphatic rings. The third-order valence-corrected chi connectivity index (χ3v) is 4.95. The first-order valence-corrected chi connectivity index (χ1v) is 11.0. The van der Waals surface area contributed by atoms with Crippen molar-refractivity contribution in [1.29, 1.82) is 0 Å². The van der Waals surface area contributed by atoms with Gasteiger partial charge in [-0.3, -0.25) is 4.79 Å². The molecular weight excluding hydrogens is 370 g/mol. The lowest BCUT2D eigenvalue weighted by atomic mass is 10.0. The molecule has 3 nitrogen and oxygen atoms in total. The SMILES string of the molecule is CC(C)=CCC/C(C)=C/CC/C(=C\CC/C(C)=C/CO)C(=O)NCc1ccccc1. The first-order chi connectivity index (χ1) is 14.4. The molecule has 30 heavy (non-hydrogen) atoms. The zero-order chi connectivity index (χ0) is 22.2. The first kappa shape index (κ1) is 25.6. The van der Waals surface area contributed by atoms with Gasteiger partial charge in [-0.25, -0.2) is 0 Å². The Morgan fingerprint density at radius 1 is 0.833 bits per heavy atom. The number of carbonyl (C=O) groups excluding carboxylic acids is 1. The number of allylic oxidation sites excluding steroid dienone is 6. The predicted octanol–water partition coefficient (Wildman–Crippen LogP) is 6.42. The van der Waals surface area contributed by atoms with Gasteiger partial charge in [0.15, 0.2) is 0 Å². The van der Waals surface area contributed by atoms with Gasteiger partial charge in [0.2, 0.25) is 5.91 Å². The van der Waals surface area contributed by atoms with Crippen LogP contribution in [0.15, 0.2) is 76.9 Å². The molecule has 0 fully saturated rings.